The van der Waals surface area contributed by atoms with Gasteiger partial charge in [0.2, 0.25) is 0 Å². The molecule has 4 nitrogen and oxygen atoms in total. The maximum absolute atomic E-state index is 13.3. The van der Waals surface area contributed by atoms with E-state index in [1.54, 1.807) is 12.4 Å². The molecule has 1 amide bonds. The molecule has 0 aliphatic heterocycles. The van der Waals surface area contributed by atoms with Crippen LogP contribution in [-0.2, 0) is 0 Å². The van der Waals surface area contributed by atoms with Gasteiger partial charge in [0.25, 0.3) is 5.91 Å². The molecule has 0 N–H and O–H groups in total. The van der Waals surface area contributed by atoms with Gasteiger partial charge in [0.15, 0.2) is 0 Å². The molecular weight excluding hydrogens is 322 g/mol. The molecule has 26 heavy (non-hydrogen) atoms. The Morgan fingerprint density at radius 1 is 1.04 bits per heavy atom. The summed E-state index contributed by atoms with van der Waals surface area (Å²) in [6.45, 7) is 0. The van der Waals surface area contributed by atoms with Gasteiger partial charge in [-0.2, -0.15) is 0 Å². The second-order valence-corrected chi connectivity index (χ2v) is 7.02. The average Bonchev–Trinajstić information content (AvgIpc) is 2.73. The van der Waals surface area contributed by atoms with Gasteiger partial charge in [-0.1, -0.05) is 37.5 Å². The summed E-state index contributed by atoms with van der Waals surface area (Å²) in [6.07, 6.45) is 9.40. The smallest absolute Gasteiger partial charge is 0.254 e. The number of pyridine rings is 2. The van der Waals surface area contributed by atoms with Crippen LogP contribution in [0.4, 0.5) is 0 Å². The van der Waals surface area contributed by atoms with Gasteiger partial charge >= 0.3 is 0 Å². The van der Waals surface area contributed by atoms with Crippen molar-refractivity contribution in [2.45, 2.75) is 38.1 Å². The predicted molar refractivity (Wildman–Crippen MR) is 104 cm³/mol. The first kappa shape index (κ1) is 16.7. The van der Waals surface area contributed by atoms with Crippen molar-refractivity contribution in [1.82, 2.24) is 14.9 Å². The van der Waals surface area contributed by atoms with E-state index in [1.165, 1.54) is 19.3 Å². The lowest BCUT2D eigenvalue weighted by Gasteiger charge is -2.31. The number of nitrogens with zero attached hydrogens (tertiary/aromatic N) is 3. The van der Waals surface area contributed by atoms with E-state index in [4.69, 9.17) is 4.98 Å². The molecule has 132 valence electrons. The largest absolute Gasteiger partial charge is 0.339 e. The van der Waals surface area contributed by atoms with Gasteiger partial charge in [-0.3, -0.25) is 9.78 Å². The van der Waals surface area contributed by atoms with Crippen molar-refractivity contribution in [2.75, 3.05) is 7.05 Å². The van der Waals surface area contributed by atoms with E-state index < -0.39 is 0 Å². The fraction of sp³-hybridized carbons (Fsp3) is 0.318. The standard InChI is InChI=1S/C22H23N3O/c1-25(17-7-3-2-4-8-17)22(26)19-15-21(16-11-13-23-14-12-16)24-20-10-6-5-9-18(19)20/h5-6,9-15,17H,2-4,7-8H2,1H3. The van der Waals surface area contributed by atoms with Crippen molar-refractivity contribution in [3.63, 3.8) is 0 Å². The van der Waals surface area contributed by atoms with Crippen LogP contribution in [0.5, 0.6) is 0 Å². The SMILES string of the molecule is CN(C(=O)c1cc(-c2ccncc2)nc2ccccc12)C1CCCCC1. The molecule has 3 aromatic rings. The van der Waals surface area contributed by atoms with Crippen molar-refractivity contribution < 1.29 is 4.79 Å². The highest BCUT2D eigenvalue weighted by Crippen LogP contribution is 2.28. The second-order valence-electron chi connectivity index (χ2n) is 7.02. The molecule has 2 aromatic heterocycles. The zero-order valence-electron chi connectivity index (χ0n) is 15.1. The topological polar surface area (TPSA) is 46.1 Å². The number of carbonyl (C=O) groups is 1. The molecule has 1 fully saturated rings. The van der Waals surface area contributed by atoms with Crippen LogP contribution in [0.15, 0.2) is 54.9 Å². The Morgan fingerprint density at radius 3 is 2.54 bits per heavy atom. The van der Waals surface area contributed by atoms with Gasteiger partial charge in [-0.05, 0) is 37.1 Å². The number of amides is 1. The first-order chi connectivity index (χ1) is 12.7. The third-order valence-electron chi connectivity index (χ3n) is 5.37. The van der Waals surface area contributed by atoms with E-state index in [-0.39, 0.29) is 5.91 Å². The molecule has 0 saturated heterocycles. The van der Waals surface area contributed by atoms with Crippen molar-refractivity contribution in [1.29, 1.82) is 0 Å². The van der Waals surface area contributed by atoms with Crippen molar-refractivity contribution in [3.05, 3.63) is 60.4 Å². The van der Waals surface area contributed by atoms with Crippen LogP contribution in [-0.4, -0.2) is 33.9 Å². The Bertz CT molecular complexity index is 917. The minimum Gasteiger partial charge on any atom is -0.339 e. The maximum atomic E-state index is 13.3. The molecule has 2 heterocycles. The Kier molecular flexibility index (Phi) is 4.65. The lowest BCUT2D eigenvalue weighted by atomic mass is 9.93. The Morgan fingerprint density at radius 2 is 1.77 bits per heavy atom. The van der Waals surface area contributed by atoms with E-state index >= 15 is 0 Å². The Balaban J connectivity index is 1.78. The van der Waals surface area contributed by atoms with Gasteiger partial charge in [0, 0.05) is 36.4 Å². The molecule has 0 spiro atoms. The molecule has 0 atom stereocenters. The molecule has 1 aliphatic carbocycles. The van der Waals surface area contributed by atoms with Gasteiger partial charge in [0.05, 0.1) is 16.8 Å². The highest BCUT2D eigenvalue weighted by atomic mass is 16.2. The third kappa shape index (κ3) is 3.19. The first-order valence-corrected chi connectivity index (χ1v) is 9.31. The van der Waals surface area contributed by atoms with Gasteiger partial charge in [-0.15, -0.1) is 0 Å². The summed E-state index contributed by atoms with van der Waals surface area (Å²) in [6, 6.07) is 14.0. The molecule has 4 rings (SSSR count). The molecule has 1 aromatic carbocycles. The molecule has 0 bridgehead atoms. The number of aromatic nitrogens is 2. The van der Waals surface area contributed by atoms with Crippen molar-refractivity contribution in [3.8, 4) is 11.3 Å². The molecule has 0 unspecified atom stereocenters. The number of hydrogen-bond donors (Lipinski definition) is 0. The lowest BCUT2D eigenvalue weighted by Crippen LogP contribution is -2.38. The summed E-state index contributed by atoms with van der Waals surface area (Å²) in [5.74, 6) is 0.0887. The van der Waals surface area contributed by atoms with Crippen LogP contribution in [0.2, 0.25) is 0 Å². The fourth-order valence-electron chi connectivity index (χ4n) is 3.85. The number of para-hydroxylation sites is 1. The van der Waals surface area contributed by atoms with Crippen LogP contribution in [0.3, 0.4) is 0 Å². The van der Waals surface area contributed by atoms with Crippen molar-refractivity contribution in [2.24, 2.45) is 0 Å². The number of hydrogen-bond acceptors (Lipinski definition) is 3. The van der Waals surface area contributed by atoms with Gasteiger partial charge < -0.3 is 4.90 Å². The van der Waals surface area contributed by atoms with Crippen molar-refractivity contribution >= 4 is 16.8 Å². The van der Waals surface area contributed by atoms with Crippen LogP contribution >= 0.6 is 0 Å². The number of carbonyl (C=O) groups excluding carboxylic acids is 1. The van der Waals surface area contributed by atoms with E-state index in [1.807, 2.05) is 54.4 Å². The Hall–Kier alpha value is -2.75. The predicted octanol–water partition coefficient (Wildman–Crippen LogP) is 4.70. The van der Waals surface area contributed by atoms with E-state index in [9.17, 15) is 4.79 Å². The normalized spacial score (nSPS) is 15.1. The van der Waals surface area contributed by atoms with Crippen LogP contribution in [0, 0.1) is 0 Å². The zero-order chi connectivity index (χ0) is 17.9. The quantitative estimate of drug-likeness (QED) is 0.691. The number of fused-ring (bicyclic) bond motifs is 1. The van der Waals surface area contributed by atoms with E-state index in [0.29, 0.717) is 6.04 Å². The summed E-state index contributed by atoms with van der Waals surface area (Å²) in [4.78, 5) is 24.1. The minimum atomic E-state index is 0.0887. The summed E-state index contributed by atoms with van der Waals surface area (Å²) >= 11 is 0. The molecule has 1 saturated carbocycles. The summed E-state index contributed by atoms with van der Waals surface area (Å²) in [5.41, 5.74) is 3.37. The fourth-order valence-corrected chi connectivity index (χ4v) is 3.85. The average molecular weight is 345 g/mol. The van der Waals surface area contributed by atoms with E-state index in [2.05, 4.69) is 4.98 Å². The maximum Gasteiger partial charge on any atom is 0.254 e. The van der Waals surface area contributed by atoms with Crippen LogP contribution < -0.4 is 0 Å². The highest BCUT2D eigenvalue weighted by molar-refractivity contribution is 6.07. The number of rotatable bonds is 3. The number of benzene rings is 1. The Labute approximate surface area is 153 Å². The van der Waals surface area contributed by atoms with E-state index in [0.717, 1.165) is 40.6 Å². The van der Waals surface area contributed by atoms with Crippen LogP contribution in [0.25, 0.3) is 22.2 Å². The van der Waals surface area contributed by atoms with Crippen LogP contribution in [0.1, 0.15) is 42.5 Å². The minimum absolute atomic E-state index is 0.0887. The summed E-state index contributed by atoms with van der Waals surface area (Å²) in [7, 11) is 1.94. The molecule has 0 radical (unpaired) electrons. The molecule has 4 heteroatoms. The lowest BCUT2D eigenvalue weighted by molar-refractivity contribution is 0.0698. The monoisotopic (exact) mass is 345 g/mol. The molecular formula is C22H23N3O. The van der Waals surface area contributed by atoms with Gasteiger partial charge in [-0.25, -0.2) is 4.98 Å². The zero-order valence-corrected chi connectivity index (χ0v) is 15.1. The summed E-state index contributed by atoms with van der Waals surface area (Å²) in [5, 5.41) is 0.915. The highest BCUT2D eigenvalue weighted by Gasteiger charge is 2.24. The molecule has 1 aliphatic rings. The first-order valence-electron chi connectivity index (χ1n) is 9.31. The third-order valence-corrected chi connectivity index (χ3v) is 5.37. The second kappa shape index (κ2) is 7.24. The van der Waals surface area contributed by atoms with Gasteiger partial charge in [0.1, 0.15) is 0 Å². The summed E-state index contributed by atoms with van der Waals surface area (Å²) < 4.78 is 0.